The fourth-order valence-electron chi connectivity index (χ4n) is 2.05. The fraction of sp³-hybridized carbons (Fsp3) is 0.125. The Morgan fingerprint density at radius 3 is 2.91 bits per heavy atom. The third-order valence-electron chi connectivity index (χ3n) is 3.03. The van der Waals surface area contributed by atoms with Crippen molar-refractivity contribution in [3.63, 3.8) is 0 Å². The quantitative estimate of drug-likeness (QED) is 0.486. The van der Waals surface area contributed by atoms with Gasteiger partial charge in [0.15, 0.2) is 10.9 Å². The maximum absolute atomic E-state index is 6.01. The van der Waals surface area contributed by atoms with Crippen LogP contribution in [0.2, 0.25) is 5.02 Å². The molecule has 112 valence electrons. The van der Waals surface area contributed by atoms with Gasteiger partial charge in [-0.3, -0.25) is 4.57 Å². The molecule has 2 aromatic heterocycles. The minimum Gasteiger partial charge on any atom is -0.461 e. The van der Waals surface area contributed by atoms with Crippen LogP contribution in [0.4, 0.5) is 0 Å². The molecule has 22 heavy (non-hydrogen) atoms. The summed E-state index contributed by atoms with van der Waals surface area (Å²) in [5.41, 5.74) is 1.14. The summed E-state index contributed by atoms with van der Waals surface area (Å²) in [6, 6.07) is 11.5. The monoisotopic (exact) mass is 331 g/mol. The van der Waals surface area contributed by atoms with Crippen molar-refractivity contribution in [2.45, 2.75) is 17.5 Å². The molecular weight excluding hydrogens is 318 g/mol. The number of benzene rings is 1. The normalized spacial score (nSPS) is 10.8. The zero-order valence-electron chi connectivity index (χ0n) is 11.8. The Morgan fingerprint density at radius 1 is 1.27 bits per heavy atom. The van der Waals surface area contributed by atoms with Gasteiger partial charge in [0.05, 0.1) is 6.26 Å². The first-order valence-electron chi connectivity index (χ1n) is 6.73. The average Bonchev–Trinajstić information content (AvgIpc) is 3.15. The van der Waals surface area contributed by atoms with E-state index >= 15 is 0 Å². The first-order valence-corrected chi connectivity index (χ1v) is 8.09. The summed E-state index contributed by atoms with van der Waals surface area (Å²) in [7, 11) is 0. The van der Waals surface area contributed by atoms with E-state index < -0.39 is 0 Å². The second kappa shape index (κ2) is 6.85. The van der Waals surface area contributed by atoms with Crippen molar-refractivity contribution in [2.24, 2.45) is 0 Å². The average molecular weight is 332 g/mol. The Labute approximate surface area is 137 Å². The second-order valence-corrected chi connectivity index (χ2v) is 5.98. The summed E-state index contributed by atoms with van der Waals surface area (Å²) in [5, 5.41) is 10.1. The minimum absolute atomic E-state index is 0.626. The highest BCUT2D eigenvalue weighted by Gasteiger charge is 2.15. The highest BCUT2D eigenvalue weighted by Crippen LogP contribution is 2.27. The third kappa shape index (κ3) is 3.26. The van der Waals surface area contributed by atoms with Gasteiger partial charge in [-0.25, -0.2) is 0 Å². The largest absolute Gasteiger partial charge is 0.461 e. The Balaban J connectivity index is 1.83. The van der Waals surface area contributed by atoms with Crippen molar-refractivity contribution in [3.05, 3.63) is 65.9 Å². The lowest BCUT2D eigenvalue weighted by molar-refractivity contribution is 0.569. The number of hydrogen-bond donors (Lipinski definition) is 0. The highest BCUT2D eigenvalue weighted by atomic mass is 35.5. The Morgan fingerprint density at radius 2 is 2.18 bits per heavy atom. The molecule has 0 unspecified atom stereocenters. The van der Waals surface area contributed by atoms with Crippen LogP contribution in [0.5, 0.6) is 0 Å². The Bertz CT molecular complexity index is 768. The molecule has 0 atom stereocenters. The van der Waals surface area contributed by atoms with E-state index in [4.69, 9.17) is 16.0 Å². The lowest BCUT2D eigenvalue weighted by Gasteiger charge is -2.06. The molecule has 0 amide bonds. The summed E-state index contributed by atoms with van der Waals surface area (Å²) in [4.78, 5) is 0. The van der Waals surface area contributed by atoms with Crippen molar-refractivity contribution >= 4 is 23.4 Å². The number of rotatable bonds is 6. The smallest absolute Gasteiger partial charge is 0.200 e. The van der Waals surface area contributed by atoms with Gasteiger partial charge in [-0.05, 0) is 29.8 Å². The van der Waals surface area contributed by atoms with E-state index in [1.807, 2.05) is 47.0 Å². The molecule has 0 radical (unpaired) electrons. The van der Waals surface area contributed by atoms with E-state index in [0.717, 1.165) is 21.5 Å². The molecule has 0 fully saturated rings. The molecule has 4 nitrogen and oxygen atoms in total. The molecule has 6 heteroatoms. The van der Waals surface area contributed by atoms with Gasteiger partial charge in [0.2, 0.25) is 5.82 Å². The molecule has 1 aromatic carbocycles. The number of halogens is 1. The van der Waals surface area contributed by atoms with Crippen LogP contribution in [0.1, 0.15) is 5.56 Å². The number of aromatic nitrogens is 3. The van der Waals surface area contributed by atoms with Crippen LogP contribution in [0, 0.1) is 0 Å². The van der Waals surface area contributed by atoms with E-state index in [1.54, 1.807) is 18.0 Å². The topological polar surface area (TPSA) is 43.9 Å². The van der Waals surface area contributed by atoms with E-state index in [2.05, 4.69) is 16.8 Å². The summed E-state index contributed by atoms with van der Waals surface area (Å²) in [5.74, 6) is 2.18. The third-order valence-corrected chi connectivity index (χ3v) is 4.30. The van der Waals surface area contributed by atoms with Gasteiger partial charge in [-0.2, -0.15) is 0 Å². The summed E-state index contributed by atoms with van der Waals surface area (Å²) in [6.45, 7) is 4.42. The van der Waals surface area contributed by atoms with Gasteiger partial charge < -0.3 is 4.42 Å². The van der Waals surface area contributed by atoms with Crippen molar-refractivity contribution in [2.75, 3.05) is 0 Å². The molecule has 0 aliphatic rings. The highest BCUT2D eigenvalue weighted by molar-refractivity contribution is 7.98. The molecule has 0 N–H and O–H groups in total. The number of furan rings is 1. The van der Waals surface area contributed by atoms with Crippen LogP contribution in [0.25, 0.3) is 11.6 Å². The molecular formula is C16H14ClN3OS. The molecule has 0 saturated heterocycles. The van der Waals surface area contributed by atoms with Crippen LogP contribution in [-0.4, -0.2) is 14.8 Å². The standard InChI is InChI=1S/C16H14ClN3OS/c1-2-8-20-15(14-7-4-9-21-14)18-19-16(20)22-11-12-5-3-6-13(17)10-12/h2-7,9-10H,1,8,11H2. The maximum atomic E-state index is 6.01. The number of hydrogen-bond acceptors (Lipinski definition) is 4. The van der Waals surface area contributed by atoms with E-state index in [0.29, 0.717) is 18.1 Å². The molecule has 0 bridgehead atoms. The Kier molecular flexibility index (Phi) is 4.65. The molecule has 0 aliphatic heterocycles. The van der Waals surface area contributed by atoms with E-state index in [-0.39, 0.29) is 0 Å². The van der Waals surface area contributed by atoms with Crippen LogP contribution < -0.4 is 0 Å². The van der Waals surface area contributed by atoms with E-state index in [9.17, 15) is 0 Å². The lowest BCUT2D eigenvalue weighted by Crippen LogP contribution is -2.00. The number of nitrogens with zero attached hydrogens (tertiary/aromatic N) is 3. The van der Waals surface area contributed by atoms with Crippen LogP contribution in [0.3, 0.4) is 0 Å². The molecule has 0 aliphatic carbocycles. The lowest BCUT2D eigenvalue weighted by atomic mass is 10.2. The molecule has 0 spiro atoms. The van der Waals surface area contributed by atoms with Crippen molar-refractivity contribution in [3.8, 4) is 11.6 Å². The second-order valence-electron chi connectivity index (χ2n) is 4.60. The molecule has 0 saturated carbocycles. The van der Waals surface area contributed by atoms with Crippen molar-refractivity contribution in [1.29, 1.82) is 0 Å². The van der Waals surface area contributed by atoms with Gasteiger partial charge in [-0.1, -0.05) is 41.6 Å². The van der Waals surface area contributed by atoms with Crippen LogP contribution in [-0.2, 0) is 12.3 Å². The predicted molar refractivity (Wildman–Crippen MR) is 88.9 cm³/mol. The van der Waals surface area contributed by atoms with Crippen LogP contribution >= 0.6 is 23.4 Å². The Hall–Kier alpha value is -1.98. The van der Waals surface area contributed by atoms with Crippen molar-refractivity contribution in [1.82, 2.24) is 14.8 Å². The van der Waals surface area contributed by atoms with Gasteiger partial charge in [-0.15, -0.1) is 16.8 Å². The number of allylic oxidation sites excluding steroid dienone is 1. The minimum atomic E-state index is 0.626. The first kappa shape index (κ1) is 14.9. The van der Waals surface area contributed by atoms with Crippen LogP contribution in [0.15, 0.2) is 64.9 Å². The molecule has 2 heterocycles. The number of thioether (sulfide) groups is 1. The summed E-state index contributed by atoms with van der Waals surface area (Å²) < 4.78 is 7.40. The zero-order chi connectivity index (χ0) is 15.4. The predicted octanol–water partition coefficient (Wildman–Crippen LogP) is 4.67. The maximum Gasteiger partial charge on any atom is 0.200 e. The van der Waals surface area contributed by atoms with Crippen molar-refractivity contribution < 1.29 is 4.42 Å². The molecule has 3 rings (SSSR count). The van der Waals surface area contributed by atoms with Gasteiger partial charge >= 0.3 is 0 Å². The van der Waals surface area contributed by atoms with Gasteiger partial charge in [0.1, 0.15) is 0 Å². The van der Waals surface area contributed by atoms with E-state index in [1.165, 1.54) is 0 Å². The zero-order valence-corrected chi connectivity index (χ0v) is 13.3. The SMILES string of the molecule is C=CCn1c(SCc2cccc(Cl)c2)nnc1-c1ccco1. The first-order chi connectivity index (χ1) is 10.8. The molecule has 3 aromatic rings. The fourth-order valence-corrected chi connectivity index (χ4v) is 3.16. The van der Waals surface area contributed by atoms with Gasteiger partial charge in [0, 0.05) is 17.3 Å². The summed E-state index contributed by atoms with van der Waals surface area (Å²) >= 11 is 7.62. The summed E-state index contributed by atoms with van der Waals surface area (Å²) in [6.07, 6.45) is 3.44. The van der Waals surface area contributed by atoms with Gasteiger partial charge in [0.25, 0.3) is 0 Å².